The molecule has 3 saturated carbocycles. The van der Waals surface area contributed by atoms with Gasteiger partial charge in [-0.1, -0.05) is 23.2 Å². The van der Waals surface area contributed by atoms with Crippen molar-refractivity contribution < 1.29 is 28.2 Å². The molecule has 7 nitrogen and oxygen atoms in total. The van der Waals surface area contributed by atoms with E-state index in [-0.39, 0.29) is 40.8 Å². The predicted molar refractivity (Wildman–Crippen MR) is 122 cm³/mol. The van der Waals surface area contributed by atoms with Gasteiger partial charge < -0.3 is 20.1 Å². The lowest BCUT2D eigenvalue weighted by atomic mass is 9.76. The number of nitrogens with one attached hydrogen (secondary N) is 2. The second-order valence-electron chi connectivity index (χ2n) is 9.25. The molecule has 2 N–H and O–H groups in total. The molecule has 178 valence electrons. The Morgan fingerprint density at radius 3 is 2.68 bits per heavy atom. The molecule has 2 aromatic rings. The van der Waals surface area contributed by atoms with Crippen molar-refractivity contribution in [3.05, 3.63) is 57.8 Å². The third kappa shape index (κ3) is 3.88. The summed E-state index contributed by atoms with van der Waals surface area (Å²) in [5, 5.41) is 6.29. The van der Waals surface area contributed by atoms with Gasteiger partial charge in [-0.05, 0) is 62.4 Å². The molecule has 0 radical (unpaired) electrons. The van der Waals surface area contributed by atoms with Crippen molar-refractivity contribution in [1.82, 2.24) is 10.6 Å². The van der Waals surface area contributed by atoms with Crippen LogP contribution >= 0.6 is 23.2 Å². The first-order valence-corrected chi connectivity index (χ1v) is 11.6. The van der Waals surface area contributed by atoms with Gasteiger partial charge in [-0.25, -0.2) is 4.39 Å². The Morgan fingerprint density at radius 1 is 1.18 bits per heavy atom. The van der Waals surface area contributed by atoms with Crippen LogP contribution in [0.25, 0.3) is 0 Å². The lowest BCUT2D eigenvalue weighted by molar-refractivity contribution is -0.134. The summed E-state index contributed by atoms with van der Waals surface area (Å²) in [6.07, 6.45) is 1.92. The van der Waals surface area contributed by atoms with E-state index in [2.05, 4.69) is 10.6 Å². The zero-order valence-corrected chi connectivity index (χ0v) is 19.6. The summed E-state index contributed by atoms with van der Waals surface area (Å²) in [4.78, 5) is 38.4. The fourth-order valence-corrected chi connectivity index (χ4v) is 5.36. The average Bonchev–Trinajstić information content (AvgIpc) is 3.36. The molecular formula is C24H21Cl2FN2O5. The quantitative estimate of drug-likeness (QED) is 0.582. The van der Waals surface area contributed by atoms with Crippen LogP contribution in [0.5, 0.6) is 11.5 Å². The first-order valence-electron chi connectivity index (χ1n) is 10.8. The van der Waals surface area contributed by atoms with Gasteiger partial charge in [0.25, 0.3) is 11.8 Å². The summed E-state index contributed by atoms with van der Waals surface area (Å²) < 4.78 is 24.6. The third-order valence-electron chi connectivity index (χ3n) is 6.84. The van der Waals surface area contributed by atoms with E-state index < -0.39 is 28.6 Å². The number of hydrogen-bond acceptors (Lipinski definition) is 5. The Balaban J connectivity index is 1.16. The van der Waals surface area contributed by atoms with Crippen molar-refractivity contribution in [2.75, 3.05) is 6.61 Å². The Morgan fingerprint density at radius 2 is 1.94 bits per heavy atom. The van der Waals surface area contributed by atoms with Crippen LogP contribution in [-0.2, 0) is 9.59 Å². The number of fused-ring (bicyclic) bond motifs is 2. The van der Waals surface area contributed by atoms with E-state index >= 15 is 0 Å². The molecule has 2 aromatic carbocycles. The van der Waals surface area contributed by atoms with Crippen molar-refractivity contribution in [2.45, 2.75) is 43.4 Å². The minimum absolute atomic E-state index is 0.0267. The average molecular weight is 507 g/mol. The molecule has 3 aliphatic carbocycles. The Bertz CT molecular complexity index is 1220. The molecule has 1 aliphatic heterocycles. The normalized spacial score (nSPS) is 28.5. The third-order valence-corrected chi connectivity index (χ3v) is 7.38. The Labute approximate surface area is 204 Å². The van der Waals surface area contributed by atoms with Crippen LogP contribution in [-0.4, -0.2) is 41.4 Å². The lowest BCUT2D eigenvalue weighted by Crippen LogP contribution is -2.60. The molecular weight excluding hydrogens is 486 g/mol. The van der Waals surface area contributed by atoms with Crippen molar-refractivity contribution in [1.29, 1.82) is 0 Å². The second-order valence-corrected chi connectivity index (χ2v) is 10.1. The van der Waals surface area contributed by atoms with E-state index in [1.165, 1.54) is 25.1 Å². The molecule has 3 fully saturated rings. The smallest absolute Gasteiger partial charge is 0.272 e. The summed E-state index contributed by atoms with van der Waals surface area (Å²) in [5.74, 6) is -1.18. The number of amides is 2. The molecule has 10 heteroatoms. The highest BCUT2D eigenvalue weighted by atomic mass is 35.5. The SMILES string of the molecule is C[C@]1(C(=O)NC23CC(C2)C(NC(=O)COc2ccc(Cl)c(F)c2)C3)Oc2ccc(Cl)cc2C1=O. The highest BCUT2D eigenvalue weighted by Gasteiger charge is 2.60. The van der Waals surface area contributed by atoms with Crippen molar-refractivity contribution >= 4 is 40.8 Å². The van der Waals surface area contributed by atoms with Gasteiger partial charge in [0.1, 0.15) is 17.3 Å². The minimum atomic E-state index is -1.67. The molecule has 1 unspecified atom stereocenters. The molecule has 0 aromatic heterocycles. The van der Waals surface area contributed by atoms with Gasteiger partial charge in [-0.3, -0.25) is 14.4 Å². The zero-order valence-electron chi connectivity index (χ0n) is 18.1. The Kier molecular flexibility index (Phi) is 5.48. The van der Waals surface area contributed by atoms with E-state index in [1.54, 1.807) is 12.1 Å². The largest absolute Gasteiger partial charge is 0.484 e. The zero-order chi connectivity index (χ0) is 24.3. The summed E-state index contributed by atoms with van der Waals surface area (Å²) in [5.41, 5.74) is -1.89. The number of rotatable bonds is 6. The van der Waals surface area contributed by atoms with Crippen LogP contribution in [0.15, 0.2) is 36.4 Å². The molecule has 0 spiro atoms. The van der Waals surface area contributed by atoms with Crippen LogP contribution in [0.2, 0.25) is 10.0 Å². The molecule has 6 rings (SSSR count). The van der Waals surface area contributed by atoms with E-state index in [1.807, 2.05) is 0 Å². The standard InChI is InChI=1S/C24H21Cl2FN2O5/c1-23(21(31)15-6-13(25)2-5-19(15)34-23)22(32)29-24-8-12(9-24)18(10-24)28-20(30)11-33-14-3-4-16(26)17(27)7-14/h2-7,12,18H,8-11H2,1H3,(H,28,30)(H,29,32)/t12?,18?,23-,24?/m0/s1. The summed E-state index contributed by atoms with van der Waals surface area (Å²) >= 11 is 11.6. The highest BCUT2D eigenvalue weighted by molar-refractivity contribution is 6.31. The lowest BCUT2D eigenvalue weighted by Gasteiger charge is -2.40. The first-order chi connectivity index (χ1) is 16.1. The summed E-state index contributed by atoms with van der Waals surface area (Å²) in [7, 11) is 0. The Hall–Kier alpha value is -2.84. The number of ether oxygens (including phenoxy) is 2. The van der Waals surface area contributed by atoms with Crippen LogP contribution in [0.1, 0.15) is 36.5 Å². The highest BCUT2D eigenvalue weighted by Crippen LogP contribution is 2.52. The molecule has 2 bridgehead atoms. The number of halogens is 3. The molecule has 1 heterocycles. The fraction of sp³-hybridized carbons (Fsp3) is 0.375. The number of carbonyl (C=O) groups is 3. The monoisotopic (exact) mass is 506 g/mol. The van der Waals surface area contributed by atoms with Crippen LogP contribution in [0, 0.1) is 11.7 Å². The van der Waals surface area contributed by atoms with Gasteiger partial charge >= 0.3 is 0 Å². The van der Waals surface area contributed by atoms with Crippen LogP contribution in [0.4, 0.5) is 4.39 Å². The van der Waals surface area contributed by atoms with Crippen molar-refractivity contribution in [3.8, 4) is 11.5 Å². The fourth-order valence-electron chi connectivity index (χ4n) is 5.07. The summed E-state index contributed by atoms with van der Waals surface area (Å²) in [6, 6.07) is 8.49. The molecule has 34 heavy (non-hydrogen) atoms. The maximum atomic E-state index is 13.5. The van der Waals surface area contributed by atoms with Gasteiger partial charge in [0.15, 0.2) is 6.61 Å². The maximum Gasteiger partial charge on any atom is 0.272 e. The second kappa shape index (κ2) is 8.13. The van der Waals surface area contributed by atoms with Gasteiger partial charge in [0, 0.05) is 22.7 Å². The number of ketones is 1. The van der Waals surface area contributed by atoms with Gasteiger partial charge in [-0.15, -0.1) is 0 Å². The maximum absolute atomic E-state index is 13.5. The van der Waals surface area contributed by atoms with E-state index in [9.17, 15) is 18.8 Å². The van der Waals surface area contributed by atoms with Crippen LogP contribution in [0.3, 0.4) is 0 Å². The number of benzene rings is 2. The molecule has 2 amide bonds. The predicted octanol–water partition coefficient (Wildman–Crippen LogP) is 3.70. The van der Waals surface area contributed by atoms with Gasteiger partial charge in [0.05, 0.1) is 10.6 Å². The number of hydrogen-bond donors (Lipinski definition) is 2. The number of Topliss-reactive ketones (excluding diaryl/α,β-unsaturated/α-hetero) is 1. The van der Waals surface area contributed by atoms with E-state index in [0.717, 1.165) is 6.07 Å². The number of carbonyl (C=O) groups excluding carboxylic acids is 3. The first kappa shape index (κ1) is 22.9. The molecule has 2 atom stereocenters. The van der Waals surface area contributed by atoms with Gasteiger partial charge in [-0.2, -0.15) is 0 Å². The van der Waals surface area contributed by atoms with Crippen molar-refractivity contribution in [2.24, 2.45) is 5.92 Å². The molecule has 4 aliphatic rings. The topological polar surface area (TPSA) is 93.7 Å². The van der Waals surface area contributed by atoms with E-state index in [0.29, 0.717) is 30.0 Å². The van der Waals surface area contributed by atoms with E-state index in [4.69, 9.17) is 32.7 Å². The van der Waals surface area contributed by atoms with Crippen LogP contribution < -0.4 is 20.1 Å². The van der Waals surface area contributed by atoms with Gasteiger partial charge in [0.2, 0.25) is 11.4 Å². The molecule has 0 saturated heterocycles. The van der Waals surface area contributed by atoms with Crippen molar-refractivity contribution in [3.63, 3.8) is 0 Å². The minimum Gasteiger partial charge on any atom is -0.484 e. The summed E-state index contributed by atoms with van der Waals surface area (Å²) in [6.45, 7) is 1.18.